The Hall–Kier alpha value is -7.21. The van der Waals surface area contributed by atoms with Gasteiger partial charge >= 0.3 is 17.8 Å². The lowest BCUT2D eigenvalue weighted by Gasteiger charge is -2.54. The molecule has 424 valence electrons. The Balaban J connectivity index is 0.624. The molecule has 1 aliphatic carbocycles. The molecule has 20 heteroatoms. The summed E-state index contributed by atoms with van der Waals surface area (Å²) in [4.78, 5) is 74.4. The molecule has 3 amide bonds. The van der Waals surface area contributed by atoms with Crippen molar-refractivity contribution in [3.63, 3.8) is 0 Å². The molecule has 6 aromatic rings. The molecule has 13 rings (SSSR count). The van der Waals surface area contributed by atoms with Crippen LogP contribution in [-0.2, 0) is 21.4 Å². The number of likely N-dealkylation sites (tertiary alicyclic amines) is 2. The second kappa shape index (κ2) is 20.3. The molecule has 6 saturated heterocycles. The minimum absolute atomic E-state index is 0.00282. The summed E-state index contributed by atoms with van der Waals surface area (Å²) in [6.45, 7) is 7.27. The first-order valence-electron chi connectivity index (χ1n) is 28.9. The molecule has 1 unspecified atom stereocenters. The Labute approximate surface area is 467 Å². The predicted octanol–water partition coefficient (Wildman–Crippen LogP) is 7.43. The van der Waals surface area contributed by atoms with Crippen molar-refractivity contribution in [2.75, 3.05) is 63.9 Å². The van der Waals surface area contributed by atoms with Gasteiger partial charge in [-0.1, -0.05) is 18.1 Å². The number of piperidine rings is 3. The number of anilines is 1. The molecule has 81 heavy (non-hydrogen) atoms. The highest BCUT2D eigenvalue weighted by atomic mass is 19.1. The first kappa shape index (κ1) is 53.1. The molecular formula is C61H68F2N10O8. The number of halogens is 2. The lowest BCUT2D eigenvalue weighted by Crippen LogP contribution is -2.61. The maximum Gasteiger partial charge on any atom is 0.409 e. The number of rotatable bonds is 10. The van der Waals surface area contributed by atoms with E-state index in [1.54, 1.807) is 18.5 Å². The first-order valence-corrected chi connectivity index (χ1v) is 28.9. The lowest BCUT2D eigenvalue weighted by atomic mass is 9.67. The van der Waals surface area contributed by atoms with Crippen LogP contribution in [0.3, 0.4) is 0 Å². The average molecular weight is 1110 g/mol. The maximum atomic E-state index is 17.2. The van der Waals surface area contributed by atoms with Gasteiger partial charge in [0.05, 0.1) is 33.1 Å². The number of phenolic OH excluding ortho intramolecular Hbond substituents is 1. The number of pyridine rings is 1. The van der Waals surface area contributed by atoms with Crippen LogP contribution in [0.5, 0.6) is 11.8 Å². The van der Waals surface area contributed by atoms with E-state index in [0.717, 1.165) is 89.4 Å². The molecule has 0 bridgehead atoms. The highest BCUT2D eigenvalue weighted by Crippen LogP contribution is 2.48. The maximum absolute atomic E-state index is 17.2. The van der Waals surface area contributed by atoms with Gasteiger partial charge in [0.1, 0.15) is 47.9 Å². The van der Waals surface area contributed by atoms with E-state index in [4.69, 9.17) is 20.9 Å². The molecule has 7 fully saturated rings. The third-order valence-electron chi connectivity index (χ3n) is 19.5. The Morgan fingerprint density at radius 3 is 2.46 bits per heavy atom. The van der Waals surface area contributed by atoms with E-state index in [1.165, 1.54) is 40.6 Å². The number of ether oxygens (including phenoxy) is 2. The van der Waals surface area contributed by atoms with Crippen LogP contribution in [0.4, 0.5) is 19.4 Å². The topological polar surface area (TPSA) is 201 Å². The molecule has 4 atom stereocenters. The number of benzene rings is 3. The number of aromatic hydroxyl groups is 1. The number of amides is 3. The molecule has 3 N–H and O–H groups in total. The van der Waals surface area contributed by atoms with E-state index < -0.39 is 29.2 Å². The molecule has 1 spiro atoms. The largest absolute Gasteiger partial charge is 0.508 e. The minimum atomic E-state index is -1.02. The number of fused-ring (bicyclic) bond motifs is 4. The monoisotopic (exact) mass is 1110 g/mol. The van der Waals surface area contributed by atoms with Crippen LogP contribution in [0.25, 0.3) is 44.0 Å². The van der Waals surface area contributed by atoms with Crippen molar-refractivity contribution in [1.29, 1.82) is 0 Å². The van der Waals surface area contributed by atoms with Gasteiger partial charge in [0.25, 0.3) is 0 Å². The van der Waals surface area contributed by atoms with E-state index in [2.05, 4.69) is 43.1 Å². The quantitative estimate of drug-likeness (QED) is 0.0904. The number of terminal acetylenes is 1. The van der Waals surface area contributed by atoms with Gasteiger partial charge in [-0.25, -0.2) is 18.4 Å². The number of imidazole rings is 1. The molecular weight excluding hydrogens is 1040 g/mol. The molecule has 18 nitrogen and oxygen atoms in total. The Bertz CT molecular complexity index is 3650. The first-order chi connectivity index (χ1) is 39.0. The van der Waals surface area contributed by atoms with E-state index in [1.807, 2.05) is 15.9 Å². The molecule has 3 aromatic carbocycles. The van der Waals surface area contributed by atoms with Gasteiger partial charge in [-0.2, -0.15) is 9.97 Å². The molecule has 0 radical (unpaired) electrons. The normalized spacial score (nSPS) is 25.6. The van der Waals surface area contributed by atoms with Crippen LogP contribution < -0.4 is 20.6 Å². The zero-order chi connectivity index (χ0) is 56.1. The van der Waals surface area contributed by atoms with Crippen LogP contribution in [0, 0.1) is 29.4 Å². The van der Waals surface area contributed by atoms with Gasteiger partial charge in [0, 0.05) is 74.3 Å². The number of hydrogen-bond donors (Lipinski definition) is 3. The highest BCUT2D eigenvalue weighted by molar-refractivity contribution is 6.03. The summed E-state index contributed by atoms with van der Waals surface area (Å²) in [5.41, 5.74) is 0.935. The third-order valence-corrected chi connectivity index (χ3v) is 19.5. The summed E-state index contributed by atoms with van der Waals surface area (Å²) in [6.07, 6.45) is 18.5. The molecule has 3 aromatic heterocycles. The van der Waals surface area contributed by atoms with Crippen LogP contribution in [0.1, 0.15) is 120 Å². The van der Waals surface area contributed by atoms with Crippen molar-refractivity contribution in [3.8, 4) is 35.4 Å². The van der Waals surface area contributed by atoms with Gasteiger partial charge in [0.2, 0.25) is 11.8 Å². The van der Waals surface area contributed by atoms with Crippen LogP contribution >= 0.6 is 0 Å². The fraction of sp³-hybridized carbons (Fsp3) is 0.525. The molecule has 9 heterocycles. The standard InChI is InChI=1S/C61H68F2N10O8/c1-4-42-45(62)9-7-38-27-41(74)29-43(50(38)42)52-51(63)53-44(30-64-52)54(70-23-5-18-59(2,79)32-70)67-56(66-53)81-35-61-19-6-24-72(61)40(15-22-61)31-80-58(78)71-33-60(34-71)20-13-39(14-21-60)69-25-16-36(17-26-69)37-8-10-46-48(28-37)68(3)57(77)73(46)47-11-12-49(75)65-55(47)76/h1,7-10,27-30,36,39-40,47,74,79H,5-6,11-26,31-35H2,2-3H3,(H,65,75,76)/t40-,47?,59+,61-/m0/s1. The number of aryl methyl sites for hydroxylation is 1. The number of phenols is 1. The summed E-state index contributed by atoms with van der Waals surface area (Å²) in [5.74, 6) is 0.712. The van der Waals surface area contributed by atoms with Crippen LogP contribution in [0.15, 0.2) is 53.5 Å². The molecule has 7 aliphatic rings. The minimum Gasteiger partial charge on any atom is -0.508 e. The fourth-order valence-corrected chi connectivity index (χ4v) is 15.2. The summed E-state index contributed by atoms with van der Waals surface area (Å²) in [7, 11) is 1.74. The van der Waals surface area contributed by atoms with Crippen molar-refractivity contribution >= 4 is 56.4 Å². The van der Waals surface area contributed by atoms with Gasteiger partial charge < -0.3 is 34.4 Å². The fourth-order valence-electron chi connectivity index (χ4n) is 15.2. The van der Waals surface area contributed by atoms with Gasteiger partial charge in [-0.3, -0.25) is 33.9 Å². The zero-order valence-corrected chi connectivity index (χ0v) is 45.9. The van der Waals surface area contributed by atoms with Crippen molar-refractivity contribution < 1.29 is 42.9 Å². The predicted molar refractivity (Wildman–Crippen MR) is 299 cm³/mol. The second-order valence-corrected chi connectivity index (χ2v) is 24.6. The van der Waals surface area contributed by atoms with E-state index >= 15 is 8.78 Å². The summed E-state index contributed by atoms with van der Waals surface area (Å²) in [6, 6.07) is 11.4. The lowest BCUT2D eigenvalue weighted by molar-refractivity contribution is -0.135. The number of hydrogen-bond acceptors (Lipinski definition) is 14. The number of β-amino-alcohol motifs (C(OH)–C–C–N with tert-alkyl or cyclic N) is 1. The zero-order valence-electron chi connectivity index (χ0n) is 45.9. The summed E-state index contributed by atoms with van der Waals surface area (Å²) < 4.78 is 48.1. The number of carbonyl (C=O) groups is 3. The SMILES string of the molecule is C#Cc1c(F)ccc2cc(O)cc(-c3ncc4c(N5CCC[C@@](C)(O)C5)nc(OC[C@@]56CCCN5[C@H](COC(=O)N5CC7(CCC(N8CCC(c9ccc%10c(c9)n(C)c(=O)n%10C9CCC(=O)NC9=O)CC8)CC7)C5)CC6)nc4c3F)c12. The Morgan fingerprint density at radius 2 is 1.69 bits per heavy atom. The molecule has 6 aliphatic heterocycles. The van der Waals surface area contributed by atoms with Crippen molar-refractivity contribution in [1.82, 2.24) is 44.1 Å². The van der Waals surface area contributed by atoms with E-state index in [-0.39, 0.29) is 100 Å². The average Bonchev–Trinajstić information content (AvgIpc) is 4.14. The van der Waals surface area contributed by atoms with E-state index in [0.29, 0.717) is 73.0 Å². The smallest absolute Gasteiger partial charge is 0.409 e. The third kappa shape index (κ3) is 9.42. The number of nitrogens with one attached hydrogen (secondary N) is 1. The molecule has 1 saturated carbocycles. The second-order valence-electron chi connectivity index (χ2n) is 24.6. The number of carbonyl (C=O) groups excluding carboxylic acids is 3. The van der Waals surface area contributed by atoms with Crippen molar-refractivity contribution in [3.05, 3.63) is 81.9 Å². The van der Waals surface area contributed by atoms with E-state index in [9.17, 15) is 29.4 Å². The number of aromatic nitrogens is 5. The number of imide groups is 1. The van der Waals surface area contributed by atoms with Crippen LogP contribution in [0.2, 0.25) is 0 Å². The highest BCUT2D eigenvalue weighted by Gasteiger charge is 2.52. The van der Waals surface area contributed by atoms with Gasteiger partial charge in [-0.05, 0) is 157 Å². The summed E-state index contributed by atoms with van der Waals surface area (Å²) in [5, 5.41) is 25.2. The van der Waals surface area contributed by atoms with Crippen molar-refractivity contribution in [2.45, 2.75) is 132 Å². The van der Waals surface area contributed by atoms with Crippen LogP contribution in [-0.4, -0.2) is 149 Å². The van der Waals surface area contributed by atoms with Gasteiger partial charge in [0.15, 0.2) is 5.82 Å². The summed E-state index contributed by atoms with van der Waals surface area (Å²) >= 11 is 0. The number of nitrogens with zero attached hydrogens (tertiary/aromatic N) is 9. The Morgan fingerprint density at radius 1 is 0.901 bits per heavy atom. The number of aliphatic hydroxyl groups is 1. The van der Waals surface area contributed by atoms with Gasteiger partial charge in [-0.15, -0.1) is 6.42 Å². The van der Waals surface area contributed by atoms with Crippen molar-refractivity contribution in [2.24, 2.45) is 12.5 Å². The Kier molecular flexibility index (Phi) is 13.3.